The van der Waals surface area contributed by atoms with Gasteiger partial charge in [0.25, 0.3) is 0 Å². The molecule has 0 saturated heterocycles. The maximum atomic E-state index is 12.8. The van der Waals surface area contributed by atoms with Crippen LogP contribution in [-0.2, 0) is 0 Å². The molecular formula is C11H7FN2O3. The summed E-state index contributed by atoms with van der Waals surface area (Å²) in [5.41, 5.74) is 0. The van der Waals surface area contributed by atoms with Crippen molar-refractivity contribution >= 4 is 0 Å². The van der Waals surface area contributed by atoms with E-state index in [2.05, 4.69) is 9.97 Å². The number of hydrogen-bond acceptors (Lipinski definition) is 5. The third-order valence-corrected chi connectivity index (χ3v) is 2.18. The number of halogens is 1. The van der Waals surface area contributed by atoms with Crippen LogP contribution in [0.5, 0.6) is 23.1 Å². The highest BCUT2D eigenvalue weighted by atomic mass is 19.1. The lowest BCUT2D eigenvalue weighted by Gasteiger charge is -2.04. The molecule has 0 bridgehead atoms. The van der Waals surface area contributed by atoms with Crippen molar-refractivity contribution in [2.45, 2.75) is 0 Å². The van der Waals surface area contributed by atoms with Gasteiger partial charge in [-0.3, -0.25) is 0 Å². The molecule has 0 N–H and O–H groups in total. The Labute approximate surface area is 95.8 Å². The maximum absolute atomic E-state index is 12.8. The number of nitrogens with zero attached hydrogens (tertiary/aromatic N) is 2. The van der Waals surface area contributed by atoms with E-state index in [9.17, 15) is 4.39 Å². The first-order valence-electron chi connectivity index (χ1n) is 4.86. The van der Waals surface area contributed by atoms with Crippen LogP contribution in [0.2, 0.25) is 0 Å². The standard InChI is InChI=1S/C11H7FN2O3/c12-10-4-11(14-5-13-10)17-7-1-2-8-9(3-7)16-6-15-8/h1-5H,6H2. The van der Waals surface area contributed by atoms with Crippen molar-refractivity contribution in [1.82, 2.24) is 9.97 Å². The van der Waals surface area contributed by atoms with Crippen molar-refractivity contribution in [3.8, 4) is 23.1 Å². The monoisotopic (exact) mass is 234 g/mol. The Morgan fingerprint density at radius 2 is 2.00 bits per heavy atom. The van der Waals surface area contributed by atoms with E-state index in [1.807, 2.05) is 0 Å². The third kappa shape index (κ3) is 1.96. The minimum Gasteiger partial charge on any atom is -0.454 e. The molecule has 0 aliphatic carbocycles. The average molecular weight is 234 g/mol. The Hall–Kier alpha value is -2.37. The number of fused-ring (bicyclic) bond motifs is 1. The van der Waals surface area contributed by atoms with E-state index >= 15 is 0 Å². The van der Waals surface area contributed by atoms with Gasteiger partial charge in [-0.2, -0.15) is 4.39 Å². The number of benzene rings is 1. The van der Waals surface area contributed by atoms with Crippen LogP contribution >= 0.6 is 0 Å². The molecule has 2 aromatic rings. The largest absolute Gasteiger partial charge is 0.454 e. The van der Waals surface area contributed by atoms with E-state index in [1.165, 1.54) is 0 Å². The van der Waals surface area contributed by atoms with Crippen LogP contribution in [0.25, 0.3) is 0 Å². The van der Waals surface area contributed by atoms with Gasteiger partial charge in [-0.05, 0) is 12.1 Å². The zero-order valence-corrected chi connectivity index (χ0v) is 8.59. The third-order valence-electron chi connectivity index (χ3n) is 2.18. The number of rotatable bonds is 2. The van der Waals surface area contributed by atoms with Gasteiger partial charge < -0.3 is 14.2 Å². The van der Waals surface area contributed by atoms with Gasteiger partial charge >= 0.3 is 0 Å². The van der Waals surface area contributed by atoms with Crippen LogP contribution in [-0.4, -0.2) is 16.8 Å². The Morgan fingerprint density at radius 1 is 1.12 bits per heavy atom. The van der Waals surface area contributed by atoms with E-state index in [1.54, 1.807) is 18.2 Å². The molecule has 86 valence electrons. The summed E-state index contributed by atoms with van der Waals surface area (Å²) in [5.74, 6) is 1.24. The molecule has 2 heterocycles. The fraction of sp³-hybridized carbons (Fsp3) is 0.0909. The molecule has 0 atom stereocenters. The quantitative estimate of drug-likeness (QED) is 0.745. The fourth-order valence-corrected chi connectivity index (χ4v) is 1.43. The molecule has 5 nitrogen and oxygen atoms in total. The van der Waals surface area contributed by atoms with Crippen LogP contribution in [0.15, 0.2) is 30.6 Å². The first-order valence-corrected chi connectivity index (χ1v) is 4.86. The number of aromatic nitrogens is 2. The lowest BCUT2D eigenvalue weighted by molar-refractivity contribution is 0.174. The summed E-state index contributed by atoms with van der Waals surface area (Å²) in [6.45, 7) is 0.195. The van der Waals surface area contributed by atoms with Crippen LogP contribution in [0.4, 0.5) is 4.39 Å². The summed E-state index contributed by atoms with van der Waals surface area (Å²) < 4.78 is 28.5. The lowest BCUT2D eigenvalue weighted by atomic mass is 10.3. The van der Waals surface area contributed by atoms with Crippen molar-refractivity contribution in [3.05, 3.63) is 36.5 Å². The predicted octanol–water partition coefficient (Wildman–Crippen LogP) is 2.14. The Balaban J connectivity index is 1.86. The SMILES string of the molecule is Fc1cc(Oc2ccc3c(c2)OCO3)ncn1. The van der Waals surface area contributed by atoms with Crippen molar-refractivity contribution in [2.24, 2.45) is 0 Å². The van der Waals surface area contributed by atoms with Crippen LogP contribution in [0, 0.1) is 5.95 Å². The molecule has 0 spiro atoms. The second kappa shape index (κ2) is 3.89. The normalized spacial score (nSPS) is 12.5. The molecule has 0 amide bonds. The molecule has 1 aromatic carbocycles. The highest BCUT2D eigenvalue weighted by Crippen LogP contribution is 2.36. The summed E-state index contributed by atoms with van der Waals surface area (Å²) in [6, 6.07) is 6.16. The average Bonchev–Trinajstić information content (AvgIpc) is 2.76. The topological polar surface area (TPSA) is 53.5 Å². The lowest BCUT2D eigenvalue weighted by Crippen LogP contribution is -1.93. The molecule has 0 unspecified atom stereocenters. The Bertz CT molecular complexity index is 562. The highest BCUT2D eigenvalue weighted by Gasteiger charge is 2.14. The minimum atomic E-state index is -0.643. The molecule has 1 aromatic heterocycles. The summed E-state index contributed by atoms with van der Waals surface area (Å²) >= 11 is 0. The van der Waals surface area contributed by atoms with Gasteiger partial charge in [0.15, 0.2) is 11.5 Å². The van der Waals surface area contributed by atoms with E-state index < -0.39 is 5.95 Å². The molecule has 0 saturated carbocycles. The highest BCUT2D eigenvalue weighted by molar-refractivity contribution is 5.47. The summed E-state index contributed by atoms with van der Waals surface area (Å²) in [6.07, 6.45) is 1.09. The van der Waals surface area contributed by atoms with Crippen LogP contribution in [0.3, 0.4) is 0 Å². The molecule has 17 heavy (non-hydrogen) atoms. The van der Waals surface area contributed by atoms with E-state index in [0.29, 0.717) is 17.2 Å². The van der Waals surface area contributed by atoms with Gasteiger partial charge in [0, 0.05) is 6.07 Å². The molecule has 0 fully saturated rings. The zero-order chi connectivity index (χ0) is 11.7. The molecular weight excluding hydrogens is 227 g/mol. The second-order valence-corrected chi connectivity index (χ2v) is 3.30. The summed E-state index contributed by atoms with van der Waals surface area (Å²) in [7, 11) is 0. The molecule has 1 aliphatic heterocycles. The molecule has 3 rings (SSSR count). The molecule has 0 radical (unpaired) electrons. The zero-order valence-electron chi connectivity index (χ0n) is 8.59. The Morgan fingerprint density at radius 3 is 2.88 bits per heavy atom. The van der Waals surface area contributed by atoms with E-state index in [0.717, 1.165) is 12.4 Å². The predicted molar refractivity (Wildman–Crippen MR) is 54.6 cm³/mol. The number of ether oxygens (including phenoxy) is 3. The van der Waals surface area contributed by atoms with Crippen molar-refractivity contribution < 1.29 is 18.6 Å². The smallest absolute Gasteiger partial charge is 0.231 e. The Kier molecular flexibility index (Phi) is 2.25. The molecule has 1 aliphatic rings. The minimum absolute atomic E-state index is 0.136. The van der Waals surface area contributed by atoms with Crippen molar-refractivity contribution in [2.75, 3.05) is 6.79 Å². The van der Waals surface area contributed by atoms with Gasteiger partial charge in [0.1, 0.15) is 12.1 Å². The first kappa shape index (κ1) is 9.83. The van der Waals surface area contributed by atoms with E-state index in [4.69, 9.17) is 14.2 Å². The fourth-order valence-electron chi connectivity index (χ4n) is 1.43. The molecule has 6 heteroatoms. The summed E-state index contributed by atoms with van der Waals surface area (Å²) in [4.78, 5) is 7.12. The van der Waals surface area contributed by atoms with Gasteiger partial charge in [-0.1, -0.05) is 0 Å². The van der Waals surface area contributed by atoms with Gasteiger partial charge in [0.05, 0.1) is 6.07 Å². The van der Waals surface area contributed by atoms with Gasteiger partial charge in [-0.25, -0.2) is 9.97 Å². The summed E-state index contributed by atoms with van der Waals surface area (Å²) in [5, 5.41) is 0. The van der Waals surface area contributed by atoms with Crippen molar-refractivity contribution in [1.29, 1.82) is 0 Å². The first-order chi connectivity index (χ1) is 8.31. The van der Waals surface area contributed by atoms with Crippen LogP contribution < -0.4 is 14.2 Å². The van der Waals surface area contributed by atoms with Gasteiger partial charge in [0.2, 0.25) is 18.6 Å². The van der Waals surface area contributed by atoms with Gasteiger partial charge in [-0.15, -0.1) is 0 Å². The number of hydrogen-bond donors (Lipinski definition) is 0. The maximum Gasteiger partial charge on any atom is 0.231 e. The second-order valence-electron chi connectivity index (χ2n) is 3.30. The van der Waals surface area contributed by atoms with E-state index in [-0.39, 0.29) is 12.7 Å². The van der Waals surface area contributed by atoms with Crippen molar-refractivity contribution in [3.63, 3.8) is 0 Å². The van der Waals surface area contributed by atoms with Crippen LogP contribution in [0.1, 0.15) is 0 Å².